The molecule has 1 atom stereocenters. The maximum atomic E-state index is 12.9. The molecule has 6 heteroatoms. The van der Waals surface area contributed by atoms with Crippen LogP contribution in [0.25, 0.3) is 0 Å². The fraction of sp³-hybridized carbons (Fsp3) is 0.905. The van der Waals surface area contributed by atoms with Gasteiger partial charge in [-0.15, -0.1) is 0 Å². The van der Waals surface area contributed by atoms with Gasteiger partial charge in [0, 0.05) is 19.3 Å². The number of esters is 3. The lowest BCUT2D eigenvalue weighted by atomic mass is 10.0. The molecule has 0 aromatic heterocycles. The maximum absolute atomic E-state index is 12.9. The Morgan fingerprint density at radius 3 is 0.625 bits per heavy atom. The molecule has 0 fully saturated rings. The van der Waals surface area contributed by atoms with Crippen LogP contribution in [0.4, 0.5) is 0 Å². The zero-order valence-electron chi connectivity index (χ0n) is 54.4. The molecule has 0 aromatic rings. The molecule has 0 amide bonds. The van der Waals surface area contributed by atoms with E-state index in [1.807, 2.05) is 0 Å². The van der Waals surface area contributed by atoms with Crippen LogP contribution in [0.1, 0.15) is 412 Å². The molecule has 472 valence electrons. The first-order chi connectivity index (χ1) is 39.5. The Labute approximate surface area is 500 Å². The van der Waals surface area contributed by atoms with E-state index < -0.39 is 6.10 Å². The molecular weight excluding hydrogens is 985 g/mol. The normalized spacial score (nSPS) is 12.1. The van der Waals surface area contributed by atoms with E-state index in [1.165, 1.54) is 302 Å². The molecule has 0 aliphatic rings. The first kappa shape index (κ1) is 77.9. The van der Waals surface area contributed by atoms with Crippen molar-refractivity contribution in [3.05, 3.63) is 24.3 Å². The summed E-state index contributed by atoms with van der Waals surface area (Å²) in [6.45, 7) is 6.69. The predicted octanol–water partition coefficient (Wildman–Crippen LogP) is 25.0. The van der Waals surface area contributed by atoms with Crippen LogP contribution >= 0.6 is 0 Å². The van der Waals surface area contributed by atoms with Gasteiger partial charge in [-0.05, 0) is 70.6 Å². The van der Waals surface area contributed by atoms with Crippen LogP contribution in [0.15, 0.2) is 24.3 Å². The first-order valence-electron chi connectivity index (χ1n) is 36.3. The molecule has 0 rings (SSSR count). The lowest BCUT2D eigenvalue weighted by Crippen LogP contribution is -2.30. The molecule has 0 radical (unpaired) electrons. The number of ether oxygens (including phenoxy) is 3. The summed E-state index contributed by atoms with van der Waals surface area (Å²) in [4.78, 5) is 38.4. The summed E-state index contributed by atoms with van der Waals surface area (Å²) in [5.41, 5.74) is 0. The van der Waals surface area contributed by atoms with E-state index in [1.54, 1.807) is 0 Å². The highest BCUT2D eigenvalue weighted by Gasteiger charge is 2.19. The smallest absolute Gasteiger partial charge is 0.306 e. The Balaban J connectivity index is 4.11. The Hall–Kier alpha value is -2.11. The van der Waals surface area contributed by atoms with E-state index in [0.717, 1.165) is 70.6 Å². The van der Waals surface area contributed by atoms with Crippen LogP contribution in [0.2, 0.25) is 0 Å². The van der Waals surface area contributed by atoms with Crippen LogP contribution < -0.4 is 0 Å². The lowest BCUT2D eigenvalue weighted by molar-refractivity contribution is -0.167. The van der Waals surface area contributed by atoms with Gasteiger partial charge in [0.2, 0.25) is 0 Å². The molecule has 0 heterocycles. The molecular formula is C74H140O6. The molecule has 0 aromatic carbocycles. The third-order valence-electron chi connectivity index (χ3n) is 16.7. The number of carbonyl (C=O) groups excluding carboxylic acids is 3. The fourth-order valence-corrected chi connectivity index (χ4v) is 11.2. The van der Waals surface area contributed by atoms with Crippen molar-refractivity contribution in [2.24, 2.45) is 0 Å². The summed E-state index contributed by atoms with van der Waals surface area (Å²) in [5.74, 6) is -0.861. The summed E-state index contributed by atoms with van der Waals surface area (Å²) in [5, 5.41) is 0. The van der Waals surface area contributed by atoms with Crippen LogP contribution in [-0.4, -0.2) is 37.2 Å². The van der Waals surface area contributed by atoms with Crippen molar-refractivity contribution in [2.45, 2.75) is 419 Å². The average Bonchev–Trinajstić information content (AvgIpc) is 3.46. The van der Waals surface area contributed by atoms with E-state index in [2.05, 4.69) is 45.1 Å². The summed E-state index contributed by atoms with van der Waals surface area (Å²) in [7, 11) is 0. The van der Waals surface area contributed by atoms with Gasteiger partial charge in [-0.2, -0.15) is 0 Å². The topological polar surface area (TPSA) is 78.9 Å². The molecule has 0 saturated carbocycles. The largest absolute Gasteiger partial charge is 0.462 e. The van der Waals surface area contributed by atoms with Gasteiger partial charge in [0.05, 0.1) is 0 Å². The number of rotatable bonds is 68. The van der Waals surface area contributed by atoms with Crippen molar-refractivity contribution in [2.75, 3.05) is 13.2 Å². The SMILES string of the molecule is CCCCCCCC/C=C\CCCCCCCC(=O)OCC(COC(=O)CCCCCCCCCCCCCCCCCCCCCCCCCCCCCCCCCC)OC(=O)CCCCCCC/C=C\CCCCCCCC. The highest BCUT2D eigenvalue weighted by atomic mass is 16.6. The Morgan fingerprint density at radius 2 is 0.412 bits per heavy atom. The van der Waals surface area contributed by atoms with Gasteiger partial charge in [-0.3, -0.25) is 14.4 Å². The zero-order valence-corrected chi connectivity index (χ0v) is 54.4. The lowest BCUT2D eigenvalue weighted by Gasteiger charge is -2.18. The highest BCUT2D eigenvalue weighted by Crippen LogP contribution is 2.19. The molecule has 0 saturated heterocycles. The van der Waals surface area contributed by atoms with Gasteiger partial charge < -0.3 is 14.2 Å². The monoisotopic (exact) mass is 1130 g/mol. The molecule has 0 aliphatic heterocycles. The van der Waals surface area contributed by atoms with Crippen LogP contribution in [0.5, 0.6) is 0 Å². The predicted molar refractivity (Wildman–Crippen MR) is 349 cm³/mol. The van der Waals surface area contributed by atoms with E-state index in [0.29, 0.717) is 19.3 Å². The maximum Gasteiger partial charge on any atom is 0.306 e. The van der Waals surface area contributed by atoms with Crippen molar-refractivity contribution in [1.82, 2.24) is 0 Å². The minimum absolute atomic E-state index is 0.0722. The van der Waals surface area contributed by atoms with Crippen LogP contribution in [0, 0.1) is 0 Å². The fourth-order valence-electron chi connectivity index (χ4n) is 11.2. The van der Waals surface area contributed by atoms with Gasteiger partial charge in [-0.1, -0.05) is 347 Å². The van der Waals surface area contributed by atoms with Crippen molar-refractivity contribution >= 4 is 17.9 Å². The minimum atomic E-state index is -0.777. The second-order valence-electron chi connectivity index (χ2n) is 24.9. The van der Waals surface area contributed by atoms with E-state index in [-0.39, 0.29) is 31.1 Å². The molecule has 1 unspecified atom stereocenters. The van der Waals surface area contributed by atoms with Crippen LogP contribution in [0.3, 0.4) is 0 Å². The van der Waals surface area contributed by atoms with Crippen molar-refractivity contribution < 1.29 is 28.6 Å². The molecule has 0 spiro atoms. The van der Waals surface area contributed by atoms with Gasteiger partial charge in [0.25, 0.3) is 0 Å². The molecule has 0 aliphatic carbocycles. The van der Waals surface area contributed by atoms with Gasteiger partial charge in [0.15, 0.2) is 6.10 Å². The Kier molecular flexibility index (Phi) is 67.6. The first-order valence-corrected chi connectivity index (χ1v) is 36.3. The van der Waals surface area contributed by atoms with E-state index in [9.17, 15) is 14.4 Å². The number of carbonyl (C=O) groups is 3. The summed E-state index contributed by atoms with van der Waals surface area (Å²) >= 11 is 0. The van der Waals surface area contributed by atoms with Crippen molar-refractivity contribution in [3.63, 3.8) is 0 Å². The summed E-state index contributed by atoms with van der Waals surface area (Å²) in [6.07, 6.45) is 85.2. The average molecular weight is 1130 g/mol. The summed E-state index contributed by atoms with van der Waals surface area (Å²) < 4.78 is 17.0. The minimum Gasteiger partial charge on any atom is -0.462 e. The second kappa shape index (κ2) is 69.4. The quantitative estimate of drug-likeness (QED) is 0.0261. The highest BCUT2D eigenvalue weighted by molar-refractivity contribution is 5.71. The second-order valence-corrected chi connectivity index (χ2v) is 24.9. The molecule has 0 bridgehead atoms. The Morgan fingerprint density at radius 1 is 0.237 bits per heavy atom. The van der Waals surface area contributed by atoms with Crippen molar-refractivity contribution in [3.8, 4) is 0 Å². The third-order valence-corrected chi connectivity index (χ3v) is 16.7. The van der Waals surface area contributed by atoms with E-state index in [4.69, 9.17) is 14.2 Å². The van der Waals surface area contributed by atoms with Gasteiger partial charge >= 0.3 is 17.9 Å². The van der Waals surface area contributed by atoms with Crippen LogP contribution in [-0.2, 0) is 28.6 Å². The number of hydrogen-bond donors (Lipinski definition) is 0. The molecule has 80 heavy (non-hydrogen) atoms. The number of unbranched alkanes of at least 4 members (excludes halogenated alkanes) is 53. The zero-order chi connectivity index (χ0) is 57.8. The standard InChI is InChI=1S/C74H140O6/c1-4-7-10-13-16-19-22-25-28-29-30-31-32-33-34-35-36-37-38-39-40-41-42-43-44-47-49-52-55-58-61-64-67-73(76)79-70-71(80-74(77)68-65-62-59-56-53-50-46-27-24-21-18-15-12-9-6-3)69-78-72(75)66-63-60-57-54-51-48-45-26-23-20-17-14-11-8-5-2/h26-27,45-46,71H,4-25,28-44,47-70H2,1-3H3/b45-26-,46-27-. The number of allylic oxidation sites excluding steroid dienone is 4. The van der Waals surface area contributed by atoms with Crippen molar-refractivity contribution in [1.29, 1.82) is 0 Å². The molecule has 0 N–H and O–H groups in total. The molecule has 6 nitrogen and oxygen atoms in total. The van der Waals surface area contributed by atoms with Gasteiger partial charge in [0.1, 0.15) is 13.2 Å². The Bertz CT molecular complexity index is 1290. The van der Waals surface area contributed by atoms with Gasteiger partial charge in [-0.25, -0.2) is 0 Å². The van der Waals surface area contributed by atoms with E-state index >= 15 is 0 Å². The number of hydrogen-bond acceptors (Lipinski definition) is 6. The third kappa shape index (κ3) is 66.7. The summed E-state index contributed by atoms with van der Waals surface area (Å²) in [6, 6.07) is 0.